The topological polar surface area (TPSA) is 92.2 Å². The lowest BCUT2D eigenvalue weighted by molar-refractivity contribution is 1.14. The van der Waals surface area contributed by atoms with E-state index in [1.54, 1.807) is 0 Å². The summed E-state index contributed by atoms with van der Waals surface area (Å²) in [5, 5.41) is 18.5. The maximum atomic E-state index is 9.24. The van der Waals surface area contributed by atoms with Crippen molar-refractivity contribution in [1.29, 1.82) is 10.8 Å². The first-order valence-electron chi connectivity index (χ1n) is 13.0. The number of hydrogen-bond donors (Lipinski definition) is 2. The lowest BCUT2D eigenvalue weighted by Gasteiger charge is -2.20. The number of aromatic nitrogens is 6. The zero-order valence-electron chi connectivity index (χ0n) is 21.1. The Balaban J connectivity index is 1.34. The average molecular weight is 517 g/mol. The quantitative estimate of drug-likeness (QED) is 0.252. The first-order valence-corrected chi connectivity index (χ1v) is 13.0. The second-order valence-corrected chi connectivity index (χ2v) is 9.97. The van der Waals surface area contributed by atoms with E-state index in [1.807, 2.05) is 94.1 Å². The van der Waals surface area contributed by atoms with Gasteiger partial charge in [0.05, 0.1) is 55.5 Å². The molecule has 2 N–H and O–H groups in total. The number of rotatable bonds is 2. The lowest BCUT2D eigenvalue weighted by Crippen LogP contribution is -2.24. The molecule has 188 valence electrons. The predicted molar refractivity (Wildman–Crippen MR) is 160 cm³/mol. The van der Waals surface area contributed by atoms with Crippen LogP contribution in [-0.4, -0.2) is 39.3 Å². The third-order valence-corrected chi connectivity index (χ3v) is 7.86. The molecule has 4 aromatic carbocycles. The standard InChI is InChI=1S/C32H20N8/c33-29-27(39-25-15-7-5-13-23(25)37-21-11-3-1-9-19(21)35-31(37)39)17-18-28(30(29)34)40-26-16-8-6-14-24(26)38-22-12-4-2-10-20(22)36-32(38)40/h1-18,33-34H. The summed E-state index contributed by atoms with van der Waals surface area (Å²) in [5.74, 6) is 1.44. The number of imidazole rings is 4. The van der Waals surface area contributed by atoms with Crippen molar-refractivity contribution in [2.45, 2.75) is 0 Å². The number of nitrogens with zero attached hydrogens (tertiary/aromatic N) is 6. The number of hydrogen-bond acceptors (Lipinski definition) is 4. The zero-order chi connectivity index (χ0) is 26.5. The van der Waals surface area contributed by atoms with Gasteiger partial charge < -0.3 is 0 Å². The van der Waals surface area contributed by atoms with E-state index < -0.39 is 0 Å². The van der Waals surface area contributed by atoms with E-state index in [9.17, 15) is 10.8 Å². The number of allylic oxidation sites excluding steroid dienone is 4. The Kier molecular flexibility index (Phi) is 3.93. The highest BCUT2D eigenvalue weighted by Gasteiger charge is 2.28. The van der Waals surface area contributed by atoms with Crippen molar-refractivity contribution < 1.29 is 0 Å². The Morgan fingerprint density at radius 2 is 0.775 bits per heavy atom. The van der Waals surface area contributed by atoms with Gasteiger partial charge in [0.25, 0.3) is 0 Å². The van der Waals surface area contributed by atoms with E-state index in [4.69, 9.17) is 9.97 Å². The van der Waals surface area contributed by atoms with Gasteiger partial charge in [-0.3, -0.25) is 28.8 Å². The van der Waals surface area contributed by atoms with Gasteiger partial charge in [-0.25, -0.2) is 9.97 Å². The second kappa shape index (κ2) is 7.42. The Labute approximate surface area is 226 Å². The van der Waals surface area contributed by atoms with E-state index in [0.29, 0.717) is 11.4 Å². The van der Waals surface area contributed by atoms with Gasteiger partial charge >= 0.3 is 0 Å². The molecule has 0 aliphatic heterocycles. The normalized spacial score (nSPS) is 14.4. The first kappa shape index (κ1) is 21.2. The van der Waals surface area contributed by atoms with Crippen LogP contribution in [0, 0.1) is 10.8 Å². The maximum absolute atomic E-state index is 9.24. The fourth-order valence-electron chi connectivity index (χ4n) is 6.13. The molecule has 0 saturated heterocycles. The molecule has 0 unspecified atom stereocenters. The van der Waals surface area contributed by atoms with Crippen molar-refractivity contribution in [2.24, 2.45) is 0 Å². The molecule has 8 nitrogen and oxygen atoms in total. The Morgan fingerprint density at radius 1 is 0.425 bits per heavy atom. The molecular weight excluding hydrogens is 496 g/mol. The fraction of sp³-hybridized carbons (Fsp3) is 0. The molecule has 4 aromatic heterocycles. The van der Waals surface area contributed by atoms with Crippen molar-refractivity contribution in [3.8, 4) is 0 Å². The summed E-state index contributed by atoms with van der Waals surface area (Å²) in [5.41, 5.74) is 9.13. The molecule has 0 bridgehead atoms. The van der Waals surface area contributed by atoms with Crippen LogP contribution in [0.4, 0.5) is 0 Å². The monoisotopic (exact) mass is 516 g/mol. The number of benzene rings is 4. The third kappa shape index (κ3) is 2.54. The smallest absolute Gasteiger partial charge is 0.220 e. The van der Waals surface area contributed by atoms with Crippen LogP contribution in [0.3, 0.4) is 0 Å². The summed E-state index contributed by atoms with van der Waals surface area (Å²) in [6, 6.07) is 32.3. The minimum absolute atomic E-state index is 0.125. The van der Waals surface area contributed by atoms with Crippen molar-refractivity contribution in [1.82, 2.24) is 27.9 Å². The van der Waals surface area contributed by atoms with E-state index >= 15 is 0 Å². The summed E-state index contributed by atoms with van der Waals surface area (Å²) in [6.45, 7) is 0. The Morgan fingerprint density at radius 3 is 1.20 bits per heavy atom. The molecule has 8 aromatic rings. The van der Waals surface area contributed by atoms with E-state index in [-0.39, 0.29) is 11.4 Å². The van der Waals surface area contributed by atoms with Gasteiger partial charge in [0.1, 0.15) is 11.4 Å². The van der Waals surface area contributed by atoms with Crippen molar-refractivity contribution in [3.05, 3.63) is 109 Å². The van der Waals surface area contributed by atoms with Gasteiger partial charge in [-0.15, -0.1) is 0 Å². The van der Waals surface area contributed by atoms with Gasteiger partial charge in [-0.2, -0.15) is 0 Å². The largest absolute Gasteiger partial charge is 0.296 e. The summed E-state index contributed by atoms with van der Waals surface area (Å²) in [7, 11) is 0. The molecule has 1 aliphatic carbocycles. The highest BCUT2D eigenvalue weighted by molar-refractivity contribution is 6.66. The van der Waals surface area contributed by atoms with Gasteiger partial charge in [0.2, 0.25) is 11.6 Å². The SMILES string of the molecule is N=C1C(=N)C(n2c3ccccc3n3c4ccccc4nc23)=CC=C1n1c2ccccc2n2c3ccccc3nc12. The predicted octanol–water partition coefficient (Wildman–Crippen LogP) is 6.63. The number of nitrogens with one attached hydrogen (secondary N) is 2. The molecule has 0 saturated carbocycles. The molecule has 0 spiro atoms. The molecule has 0 amide bonds. The maximum Gasteiger partial charge on any atom is 0.220 e. The Bertz CT molecular complexity index is 2300. The highest BCUT2D eigenvalue weighted by atomic mass is 15.2. The zero-order valence-corrected chi connectivity index (χ0v) is 21.1. The number of fused-ring (bicyclic) bond motifs is 10. The molecular formula is C32H20N8. The first-order chi connectivity index (χ1) is 19.7. The van der Waals surface area contributed by atoms with E-state index in [2.05, 4.69) is 33.1 Å². The average Bonchev–Trinajstić information content (AvgIpc) is 3.71. The molecule has 4 heterocycles. The van der Waals surface area contributed by atoms with Crippen molar-refractivity contribution in [2.75, 3.05) is 0 Å². The minimum Gasteiger partial charge on any atom is -0.296 e. The van der Waals surface area contributed by atoms with Crippen LogP contribution in [0.2, 0.25) is 0 Å². The molecule has 0 atom stereocenters. The summed E-state index contributed by atoms with van der Waals surface area (Å²) in [6.07, 6.45) is 3.85. The van der Waals surface area contributed by atoms with Crippen molar-refractivity contribution in [3.63, 3.8) is 0 Å². The molecule has 0 radical (unpaired) electrons. The van der Waals surface area contributed by atoms with Gasteiger partial charge in [-0.1, -0.05) is 48.5 Å². The van der Waals surface area contributed by atoms with Gasteiger partial charge in [0.15, 0.2) is 0 Å². The molecule has 8 heteroatoms. The lowest BCUT2D eigenvalue weighted by atomic mass is 10.0. The molecule has 40 heavy (non-hydrogen) atoms. The number of para-hydroxylation sites is 8. The van der Waals surface area contributed by atoms with Crippen LogP contribution in [0.5, 0.6) is 0 Å². The minimum atomic E-state index is 0.125. The summed E-state index contributed by atoms with van der Waals surface area (Å²) in [4.78, 5) is 9.88. The second-order valence-electron chi connectivity index (χ2n) is 9.97. The summed E-state index contributed by atoms with van der Waals surface area (Å²) >= 11 is 0. The molecule has 9 rings (SSSR count). The van der Waals surface area contributed by atoms with Gasteiger partial charge in [-0.05, 0) is 60.7 Å². The van der Waals surface area contributed by atoms with Gasteiger partial charge in [0, 0.05) is 0 Å². The van der Waals surface area contributed by atoms with E-state index in [1.165, 1.54) is 0 Å². The van der Waals surface area contributed by atoms with Crippen LogP contribution in [0.15, 0.2) is 109 Å². The highest BCUT2D eigenvalue weighted by Crippen LogP contribution is 2.34. The molecule has 0 fully saturated rings. The van der Waals surface area contributed by atoms with Crippen molar-refractivity contribution >= 4 is 78.5 Å². The third-order valence-electron chi connectivity index (χ3n) is 7.86. The van der Waals surface area contributed by atoms with Crippen LogP contribution in [-0.2, 0) is 0 Å². The van der Waals surface area contributed by atoms with Crippen LogP contribution < -0.4 is 0 Å². The van der Waals surface area contributed by atoms with Crippen LogP contribution >= 0.6 is 0 Å². The fourth-order valence-corrected chi connectivity index (χ4v) is 6.13. The Hall–Kier alpha value is -5.76. The molecule has 1 aliphatic rings. The van der Waals surface area contributed by atoms with Crippen LogP contribution in [0.1, 0.15) is 0 Å². The summed E-state index contributed by atoms with van der Waals surface area (Å²) < 4.78 is 8.24. The van der Waals surface area contributed by atoms with E-state index in [0.717, 1.165) is 55.7 Å². The van der Waals surface area contributed by atoms with Crippen LogP contribution in [0.25, 0.3) is 67.1 Å².